The summed E-state index contributed by atoms with van der Waals surface area (Å²) in [5, 5.41) is 5.36. The van der Waals surface area contributed by atoms with E-state index in [-0.39, 0.29) is 6.04 Å². The summed E-state index contributed by atoms with van der Waals surface area (Å²) in [5.41, 5.74) is 1.09. The number of ether oxygens (including phenoxy) is 1. The van der Waals surface area contributed by atoms with Gasteiger partial charge in [-0.05, 0) is 46.1 Å². The van der Waals surface area contributed by atoms with Gasteiger partial charge in [0.25, 0.3) is 0 Å². The standard InChI is InChI=1S/C12H13BrN2OS/c1-14-11(12-10(13)3-4-17-12)8-5-9(16-2)7-15-6-8/h3-7,11,14H,1-2H3. The van der Waals surface area contributed by atoms with E-state index in [1.807, 2.05) is 19.3 Å². The van der Waals surface area contributed by atoms with Crippen molar-refractivity contribution in [3.05, 3.63) is 44.8 Å². The van der Waals surface area contributed by atoms with E-state index in [0.29, 0.717) is 0 Å². The predicted octanol–water partition coefficient (Wildman–Crippen LogP) is 3.22. The van der Waals surface area contributed by atoms with Crippen LogP contribution in [0.5, 0.6) is 5.75 Å². The number of hydrogen-bond donors (Lipinski definition) is 1. The quantitative estimate of drug-likeness (QED) is 0.941. The first-order valence-corrected chi connectivity index (χ1v) is 6.82. The molecule has 0 saturated carbocycles. The Morgan fingerprint density at radius 1 is 1.47 bits per heavy atom. The molecule has 0 aliphatic heterocycles. The van der Waals surface area contributed by atoms with E-state index in [1.165, 1.54) is 4.88 Å². The van der Waals surface area contributed by atoms with Crippen molar-refractivity contribution in [2.45, 2.75) is 6.04 Å². The van der Waals surface area contributed by atoms with Gasteiger partial charge in [0.1, 0.15) is 5.75 Å². The third kappa shape index (κ3) is 2.68. The molecule has 3 nitrogen and oxygen atoms in total. The fourth-order valence-corrected chi connectivity index (χ4v) is 3.40. The maximum absolute atomic E-state index is 5.20. The second-order valence-corrected chi connectivity index (χ2v) is 5.31. The lowest BCUT2D eigenvalue weighted by molar-refractivity contribution is 0.411. The largest absolute Gasteiger partial charge is 0.495 e. The Labute approximate surface area is 113 Å². The molecule has 2 aromatic rings. The van der Waals surface area contributed by atoms with Gasteiger partial charge in [0, 0.05) is 15.5 Å². The van der Waals surface area contributed by atoms with Gasteiger partial charge in [0.2, 0.25) is 0 Å². The first kappa shape index (κ1) is 12.5. The van der Waals surface area contributed by atoms with Gasteiger partial charge in [-0.3, -0.25) is 4.98 Å². The zero-order valence-electron chi connectivity index (χ0n) is 9.61. The Kier molecular flexibility index (Phi) is 4.15. The van der Waals surface area contributed by atoms with Crippen LogP contribution in [0.3, 0.4) is 0 Å². The molecule has 2 aromatic heterocycles. The summed E-state index contributed by atoms with van der Waals surface area (Å²) in [6.07, 6.45) is 3.57. The average molecular weight is 313 g/mol. The molecule has 0 aliphatic rings. The van der Waals surface area contributed by atoms with E-state index in [2.05, 4.69) is 37.7 Å². The first-order chi connectivity index (χ1) is 8.26. The SMILES string of the molecule is CNC(c1cncc(OC)c1)c1sccc1Br. The highest BCUT2D eigenvalue weighted by molar-refractivity contribution is 9.10. The minimum Gasteiger partial charge on any atom is -0.495 e. The van der Waals surface area contributed by atoms with Crippen molar-refractivity contribution >= 4 is 27.3 Å². The number of nitrogens with one attached hydrogen (secondary N) is 1. The molecule has 0 radical (unpaired) electrons. The van der Waals surface area contributed by atoms with E-state index in [9.17, 15) is 0 Å². The van der Waals surface area contributed by atoms with Crippen molar-refractivity contribution in [2.24, 2.45) is 0 Å². The predicted molar refractivity (Wildman–Crippen MR) is 73.7 cm³/mol. The molecule has 2 heterocycles. The molecule has 0 aromatic carbocycles. The minimum absolute atomic E-state index is 0.131. The van der Waals surface area contributed by atoms with Crippen molar-refractivity contribution in [1.82, 2.24) is 10.3 Å². The van der Waals surface area contributed by atoms with Crippen LogP contribution in [-0.4, -0.2) is 19.1 Å². The van der Waals surface area contributed by atoms with Gasteiger partial charge >= 0.3 is 0 Å². The van der Waals surface area contributed by atoms with Crippen LogP contribution < -0.4 is 10.1 Å². The summed E-state index contributed by atoms with van der Waals surface area (Å²) in [7, 11) is 3.59. The van der Waals surface area contributed by atoms with Gasteiger partial charge in [-0.25, -0.2) is 0 Å². The van der Waals surface area contributed by atoms with Crippen molar-refractivity contribution in [3.63, 3.8) is 0 Å². The number of nitrogens with zero attached hydrogens (tertiary/aromatic N) is 1. The highest BCUT2D eigenvalue weighted by atomic mass is 79.9. The molecule has 90 valence electrons. The van der Waals surface area contributed by atoms with Crippen molar-refractivity contribution in [1.29, 1.82) is 0 Å². The van der Waals surface area contributed by atoms with Gasteiger partial charge in [-0.2, -0.15) is 0 Å². The van der Waals surface area contributed by atoms with Crippen LogP contribution in [-0.2, 0) is 0 Å². The average Bonchev–Trinajstić information content (AvgIpc) is 2.77. The fourth-order valence-electron chi connectivity index (χ4n) is 1.67. The molecule has 2 rings (SSSR count). The maximum atomic E-state index is 5.20. The summed E-state index contributed by atoms with van der Waals surface area (Å²) in [6, 6.07) is 4.19. The van der Waals surface area contributed by atoms with E-state index in [1.54, 1.807) is 24.6 Å². The molecular formula is C12H13BrN2OS. The summed E-state index contributed by atoms with van der Waals surface area (Å²) in [4.78, 5) is 5.43. The normalized spacial score (nSPS) is 12.4. The number of aromatic nitrogens is 1. The van der Waals surface area contributed by atoms with Gasteiger partial charge in [0.05, 0.1) is 19.3 Å². The molecule has 17 heavy (non-hydrogen) atoms. The highest BCUT2D eigenvalue weighted by Gasteiger charge is 2.17. The second-order valence-electron chi connectivity index (χ2n) is 3.51. The molecular weight excluding hydrogens is 300 g/mol. The highest BCUT2D eigenvalue weighted by Crippen LogP contribution is 2.33. The number of hydrogen-bond acceptors (Lipinski definition) is 4. The summed E-state index contributed by atoms with van der Waals surface area (Å²) in [6.45, 7) is 0. The van der Waals surface area contributed by atoms with E-state index < -0.39 is 0 Å². The monoisotopic (exact) mass is 312 g/mol. The van der Waals surface area contributed by atoms with Crippen LogP contribution in [0, 0.1) is 0 Å². The van der Waals surface area contributed by atoms with Crippen LogP contribution >= 0.6 is 27.3 Å². The lowest BCUT2D eigenvalue weighted by atomic mass is 10.1. The summed E-state index contributed by atoms with van der Waals surface area (Å²) in [5.74, 6) is 0.774. The number of pyridine rings is 1. The number of halogens is 1. The van der Waals surface area contributed by atoms with Crippen LogP contribution in [0.25, 0.3) is 0 Å². The molecule has 0 fully saturated rings. The lowest BCUT2D eigenvalue weighted by Gasteiger charge is -2.16. The van der Waals surface area contributed by atoms with Gasteiger partial charge in [-0.15, -0.1) is 11.3 Å². The van der Waals surface area contributed by atoms with E-state index in [4.69, 9.17) is 4.74 Å². The van der Waals surface area contributed by atoms with Gasteiger partial charge in [0.15, 0.2) is 0 Å². The first-order valence-electron chi connectivity index (χ1n) is 5.15. The Morgan fingerprint density at radius 2 is 2.29 bits per heavy atom. The van der Waals surface area contributed by atoms with E-state index >= 15 is 0 Å². The lowest BCUT2D eigenvalue weighted by Crippen LogP contribution is -2.17. The Bertz CT molecular complexity index is 501. The van der Waals surface area contributed by atoms with Gasteiger partial charge < -0.3 is 10.1 Å². The van der Waals surface area contributed by atoms with Crippen molar-refractivity contribution in [3.8, 4) is 5.75 Å². The Hall–Kier alpha value is -0.910. The smallest absolute Gasteiger partial charge is 0.137 e. The maximum Gasteiger partial charge on any atom is 0.137 e. The third-order valence-corrected chi connectivity index (χ3v) is 4.43. The van der Waals surface area contributed by atoms with Gasteiger partial charge in [-0.1, -0.05) is 0 Å². The Morgan fingerprint density at radius 3 is 2.88 bits per heavy atom. The second kappa shape index (κ2) is 5.62. The minimum atomic E-state index is 0.131. The number of rotatable bonds is 4. The molecule has 0 saturated heterocycles. The molecule has 5 heteroatoms. The molecule has 1 N–H and O–H groups in total. The molecule has 1 atom stereocenters. The van der Waals surface area contributed by atoms with Crippen LogP contribution in [0.1, 0.15) is 16.5 Å². The van der Waals surface area contributed by atoms with Crippen molar-refractivity contribution in [2.75, 3.05) is 14.2 Å². The van der Waals surface area contributed by atoms with E-state index in [0.717, 1.165) is 15.8 Å². The number of thiophene rings is 1. The summed E-state index contributed by atoms with van der Waals surface area (Å²) >= 11 is 5.27. The van der Waals surface area contributed by atoms with Crippen LogP contribution in [0.15, 0.2) is 34.4 Å². The molecule has 0 spiro atoms. The third-order valence-electron chi connectivity index (χ3n) is 2.50. The molecule has 0 amide bonds. The van der Waals surface area contributed by atoms with Crippen LogP contribution in [0.4, 0.5) is 0 Å². The molecule has 1 unspecified atom stereocenters. The zero-order valence-corrected chi connectivity index (χ0v) is 12.0. The summed E-state index contributed by atoms with van der Waals surface area (Å²) < 4.78 is 6.31. The fraction of sp³-hybridized carbons (Fsp3) is 0.250. The number of methoxy groups -OCH3 is 1. The van der Waals surface area contributed by atoms with Crippen LogP contribution in [0.2, 0.25) is 0 Å². The zero-order chi connectivity index (χ0) is 12.3. The molecule has 0 bridgehead atoms. The van der Waals surface area contributed by atoms with Crippen molar-refractivity contribution < 1.29 is 4.74 Å². The Balaban J connectivity index is 2.38. The molecule has 0 aliphatic carbocycles. The topological polar surface area (TPSA) is 34.2 Å².